The SMILES string of the molecule is CN(Cc1cccc2[nH]ncc12)/N=C\c1c(C=O)n(C)c2c1nc(Cc1cccc(N)n1)n2C. The minimum atomic E-state index is 0.474. The molecule has 4 heterocycles. The van der Waals surface area contributed by atoms with Crippen LogP contribution in [0.1, 0.15) is 33.1 Å². The number of nitrogens with one attached hydrogen (secondary N) is 1. The van der Waals surface area contributed by atoms with Gasteiger partial charge in [0.25, 0.3) is 0 Å². The van der Waals surface area contributed by atoms with E-state index in [1.54, 1.807) is 12.3 Å². The molecule has 0 saturated heterocycles. The molecule has 10 heteroatoms. The second-order valence-electron chi connectivity index (χ2n) is 8.27. The van der Waals surface area contributed by atoms with Gasteiger partial charge in [-0.15, -0.1) is 0 Å². The molecule has 4 aromatic heterocycles. The minimum Gasteiger partial charge on any atom is -0.384 e. The van der Waals surface area contributed by atoms with E-state index in [1.165, 1.54) is 0 Å². The molecule has 0 aliphatic rings. The Labute approximate surface area is 195 Å². The number of hydrogen-bond acceptors (Lipinski definition) is 7. The third-order valence-corrected chi connectivity index (χ3v) is 6.01. The first-order valence-electron chi connectivity index (χ1n) is 10.8. The van der Waals surface area contributed by atoms with Gasteiger partial charge in [0.1, 0.15) is 22.8 Å². The van der Waals surface area contributed by atoms with Crippen molar-refractivity contribution in [1.82, 2.24) is 34.3 Å². The minimum absolute atomic E-state index is 0.474. The summed E-state index contributed by atoms with van der Waals surface area (Å²) in [6.07, 6.45) is 4.89. The second-order valence-corrected chi connectivity index (χ2v) is 8.27. The molecule has 0 spiro atoms. The van der Waals surface area contributed by atoms with E-state index in [9.17, 15) is 4.79 Å². The number of imidazole rings is 1. The number of fused-ring (bicyclic) bond motifs is 2. The Bertz CT molecular complexity index is 1540. The Hall–Kier alpha value is -4.47. The Kier molecular flexibility index (Phi) is 5.33. The topological polar surface area (TPSA) is 123 Å². The van der Waals surface area contributed by atoms with E-state index in [2.05, 4.69) is 26.3 Å². The van der Waals surface area contributed by atoms with Crippen molar-refractivity contribution in [2.75, 3.05) is 12.8 Å². The Morgan fingerprint density at radius 2 is 1.97 bits per heavy atom. The highest BCUT2D eigenvalue weighted by Gasteiger charge is 2.21. The van der Waals surface area contributed by atoms with Crippen LogP contribution >= 0.6 is 0 Å². The van der Waals surface area contributed by atoms with Crippen LogP contribution < -0.4 is 5.73 Å². The van der Waals surface area contributed by atoms with Gasteiger partial charge in [0.2, 0.25) is 0 Å². The first-order chi connectivity index (χ1) is 16.5. The van der Waals surface area contributed by atoms with Gasteiger partial charge in [0.05, 0.1) is 41.4 Å². The van der Waals surface area contributed by atoms with Crippen molar-refractivity contribution in [2.24, 2.45) is 19.2 Å². The fourth-order valence-electron chi connectivity index (χ4n) is 4.31. The highest BCUT2D eigenvalue weighted by molar-refractivity contribution is 6.04. The third kappa shape index (κ3) is 3.68. The molecule has 3 N–H and O–H groups in total. The van der Waals surface area contributed by atoms with Gasteiger partial charge in [-0.2, -0.15) is 10.2 Å². The number of aryl methyl sites for hydroxylation is 2. The van der Waals surface area contributed by atoms with Crippen LogP contribution in [0.4, 0.5) is 5.82 Å². The number of nitrogen functional groups attached to an aromatic ring is 1. The zero-order chi connectivity index (χ0) is 23.8. The lowest BCUT2D eigenvalue weighted by Crippen LogP contribution is -2.11. The Balaban J connectivity index is 1.47. The first kappa shape index (κ1) is 21.4. The van der Waals surface area contributed by atoms with Crippen LogP contribution in [0, 0.1) is 0 Å². The van der Waals surface area contributed by atoms with Crippen LogP contribution in [0.2, 0.25) is 0 Å². The standard InChI is InChI=1S/C24H25N9O/c1-31(13-15-6-4-8-19-17(15)11-26-30-19)27-12-18-20(14-34)32(2)24-23(18)29-22(33(24)3)10-16-7-5-9-21(25)28-16/h4-9,11-12,14H,10,13H2,1-3H3,(H2,25,28)(H,26,30)/b27-12-. The number of benzene rings is 1. The molecule has 0 aliphatic heterocycles. The maximum atomic E-state index is 11.9. The molecule has 34 heavy (non-hydrogen) atoms. The van der Waals surface area contributed by atoms with Crippen molar-refractivity contribution >= 4 is 40.4 Å². The zero-order valence-electron chi connectivity index (χ0n) is 19.2. The van der Waals surface area contributed by atoms with Gasteiger partial charge >= 0.3 is 0 Å². The number of anilines is 1. The molecule has 0 saturated carbocycles. The van der Waals surface area contributed by atoms with Gasteiger partial charge in [-0.3, -0.25) is 14.9 Å². The molecule has 5 rings (SSSR count). The van der Waals surface area contributed by atoms with E-state index in [1.807, 2.05) is 65.7 Å². The van der Waals surface area contributed by atoms with E-state index in [0.29, 0.717) is 30.0 Å². The number of nitrogens with zero attached hydrogens (tertiary/aromatic N) is 7. The van der Waals surface area contributed by atoms with Crippen molar-refractivity contribution < 1.29 is 4.79 Å². The highest BCUT2D eigenvalue weighted by Crippen LogP contribution is 2.25. The lowest BCUT2D eigenvalue weighted by Gasteiger charge is -2.13. The van der Waals surface area contributed by atoms with Crippen LogP contribution in [0.3, 0.4) is 0 Å². The summed E-state index contributed by atoms with van der Waals surface area (Å²) in [7, 11) is 5.69. The smallest absolute Gasteiger partial charge is 0.167 e. The fourth-order valence-corrected chi connectivity index (χ4v) is 4.31. The number of carbonyl (C=O) groups is 1. The van der Waals surface area contributed by atoms with Gasteiger partial charge in [-0.1, -0.05) is 18.2 Å². The third-order valence-electron chi connectivity index (χ3n) is 6.01. The van der Waals surface area contributed by atoms with Crippen LogP contribution in [0.5, 0.6) is 0 Å². The van der Waals surface area contributed by atoms with E-state index >= 15 is 0 Å². The van der Waals surface area contributed by atoms with Gasteiger partial charge in [-0.25, -0.2) is 9.97 Å². The number of H-pyrrole nitrogens is 1. The average Bonchev–Trinajstić information content (AvgIpc) is 3.48. The molecule has 0 bridgehead atoms. The fraction of sp³-hybridized carbons (Fsp3) is 0.208. The van der Waals surface area contributed by atoms with Crippen LogP contribution in [0.25, 0.3) is 22.1 Å². The summed E-state index contributed by atoms with van der Waals surface area (Å²) in [5.41, 5.74) is 11.5. The molecule has 0 amide bonds. The molecule has 0 unspecified atom stereocenters. The van der Waals surface area contributed by atoms with E-state index in [-0.39, 0.29) is 0 Å². The summed E-state index contributed by atoms with van der Waals surface area (Å²) in [6, 6.07) is 11.6. The quantitative estimate of drug-likeness (QED) is 0.221. The molecule has 0 radical (unpaired) electrons. The number of rotatable bonds is 7. The second kappa shape index (κ2) is 8.47. The van der Waals surface area contributed by atoms with Crippen molar-refractivity contribution in [3.05, 3.63) is 70.9 Å². The molecule has 0 aliphatic carbocycles. The maximum absolute atomic E-state index is 11.9. The van der Waals surface area contributed by atoms with Crippen molar-refractivity contribution in [2.45, 2.75) is 13.0 Å². The molecule has 0 atom stereocenters. The van der Waals surface area contributed by atoms with Crippen molar-refractivity contribution in [1.29, 1.82) is 0 Å². The van der Waals surface area contributed by atoms with Crippen LogP contribution in [-0.2, 0) is 27.1 Å². The van der Waals surface area contributed by atoms with E-state index in [0.717, 1.165) is 45.4 Å². The predicted octanol–water partition coefficient (Wildman–Crippen LogP) is 2.63. The number of carbonyl (C=O) groups excluding carboxylic acids is 1. The molecular formula is C24H25N9O. The molecule has 5 aromatic rings. The van der Waals surface area contributed by atoms with Crippen molar-refractivity contribution in [3.8, 4) is 0 Å². The Morgan fingerprint density at radius 1 is 1.15 bits per heavy atom. The molecule has 10 nitrogen and oxygen atoms in total. The predicted molar refractivity (Wildman–Crippen MR) is 132 cm³/mol. The number of nitrogens with two attached hydrogens (primary N) is 1. The average molecular weight is 456 g/mol. The molecule has 1 aromatic carbocycles. The van der Waals surface area contributed by atoms with E-state index < -0.39 is 0 Å². The summed E-state index contributed by atoms with van der Waals surface area (Å²) in [5.74, 6) is 1.30. The maximum Gasteiger partial charge on any atom is 0.167 e. The number of hydrazone groups is 1. The van der Waals surface area contributed by atoms with Gasteiger partial charge in [0.15, 0.2) is 6.29 Å². The Morgan fingerprint density at radius 3 is 2.76 bits per heavy atom. The summed E-state index contributed by atoms with van der Waals surface area (Å²) >= 11 is 0. The number of aromatic amines is 1. The lowest BCUT2D eigenvalue weighted by molar-refractivity contribution is 0.111. The normalized spacial score (nSPS) is 11.7. The van der Waals surface area contributed by atoms with Gasteiger partial charge in [-0.05, 0) is 23.8 Å². The molecule has 0 fully saturated rings. The summed E-state index contributed by atoms with van der Waals surface area (Å²) in [4.78, 5) is 21.1. The zero-order valence-corrected chi connectivity index (χ0v) is 19.2. The first-order valence-corrected chi connectivity index (χ1v) is 10.8. The van der Waals surface area contributed by atoms with Crippen molar-refractivity contribution in [3.63, 3.8) is 0 Å². The monoisotopic (exact) mass is 455 g/mol. The summed E-state index contributed by atoms with van der Waals surface area (Å²) in [5, 5.41) is 14.6. The number of aromatic nitrogens is 6. The van der Waals surface area contributed by atoms with E-state index in [4.69, 9.17) is 10.7 Å². The van der Waals surface area contributed by atoms with Crippen LogP contribution in [0.15, 0.2) is 47.7 Å². The number of pyridine rings is 1. The summed E-state index contributed by atoms with van der Waals surface area (Å²) in [6.45, 7) is 0.592. The summed E-state index contributed by atoms with van der Waals surface area (Å²) < 4.78 is 3.83. The largest absolute Gasteiger partial charge is 0.384 e. The lowest BCUT2D eigenvalue weighted by atomic mass is 10.1. The van der Waals surface area contributed by atoms with Gasteiger partial charge in [0, 0.05) is 33.0 Å². The molecular weight excluding hydrogens is 430 g/mol. The molecule has 172 valence electrons. The van der Waals surface area contributed by atoms with Crippen LogP contribution in [-0.4, -0.2) is 53.9 Å². The highest BCUT2D eigenvalue weighted by atomic mass is 16.1. The van der Waals surface area contributed by atoms with Gasteiger partial charge < -0.3 is 14.9 Å². The number of aldehydes is 1. The number of hydrogen-bond donors (Lipinski definition) is 2.